The van der Waals surface area contributed by atoms with Gasteiger partial charge in [0, 0.05) is 12.2 Å². The van der Waals surface area contributed by atoms with Gasteiger partial charge in [-0.2, -0.15) is 0 Å². The molecule has 1 saturated carbocycles. The van der Waals surface area contributed by atoms with E-state index in [2.05, 4.69) is 17.6 Å². The molecule has 0 bridgehead atoms. The Labute approximate surface area is 118 Å². The molecule has 0 aliphatic heterocycles. The maximum Gasteiger partial charge on any atom is 0.336 e. The Morgan fingerprint density at radius 2 is 1.95 bits per heavy atom. The first-order valence-electron chi connectivity index (χ1n) is 6.70. The van der Waals surface area contributed by atoms with Crippen molar-refractivity contribution in [1.82, 2.24) is 5.32 Å². The molecule has 2 rings (SSSR count). The van der Waals surface area contributed by atoms with E-state index >= 15 is 0 Å². The summed E-state index contributed by atoms with van der Waals surface area (Å²) in [5.41, 5.74) is 2.52. The lowest BCUT2D eigenvalue weighted by molar-refractivity contribution is 0.0696. The summed E-state index contributed by atoms with van der Waals surface area (Å²) >= 11 is 0. The van der Waals surface area contributed by atoms with Crippen LogP contribution in [0.2, 0.25) is 0 Å². The molecule has 0 heterocycles. The molecule has 1 aromatic rings. The van der Waals surface area contributed by atoms with Crippen molar-refractivity contribution in [3.8, 4) is 0 Å². The first-order chi connectivity index (χ1) is 9.31. The number of carboxylic acid groups (broad SMARTS) is 1. The van der Waals surface area contributed by atoms with E-state index in [1.54, 1.807) is 13.0 Å². The Kier molecular flexibility index (Phi) is 3.70. The number of carboxylic acids is 1. The number of amides is 2. The molecule has 1 aliphatic rings. The number of hydrogen-bond acceptors (Lipinski definition) is 2. The molecule has 1 aliphatic carbocycles. The van der Waals surface area contributed by atoms with Gasteiger partial charge in [-0.1, -0.05) is 6.92 Å². The SMILES string of the molecule is Cc1cc(NC(=O)NCC2(C)CC2)cc(C(=O)O)c1C. The van der Waals surface area contributed by atoms with Crippen LogP contribution in [0, 0.1) is 19.3 Å². The summed E-state index contributed by atoms with van der Waals surface area (Å²) in [6.07, 6.45) is 2.28. The normalized spacial score (nSPS) is 15.6. The highest BCUT2D eigenvalue weighted by molar-refractivity contribution is 5.94. The van der Waals surface area contributed by atoms with Crippen LogP contribution in [0.4, 0.5) is 10.5 Å². The first-order valence-corrected chi connectivity index (χ1v) is 6.70. The van der Waals surface area contributed by atoms with Gasteiger partial charge in [-0.25, -0.2) is 9.59 Å². The molecule has 20 heavy (non-hydrogen) atoms. The summed E-state index contributed by atoms with van der Waals surface area (Å²) in [5.74, 6) is -0.986. The Bertz CT molecular complexity index is 562. The lowest BCUT2D eigenvalue weighted by Crippen LogP contribution is -2.33. The number of carbonyl (C=O) groups excluding carboxylic acids is 1. The fourth-order valence-electron chi connectivity index (χ4n) is 2.01. The van der Waals surface area contributed by atoms with Crippen LogP contribution in [0.15, 0.2) is 12.1 Å². The van der Waals surface area contributed by atoms with E-state index < -0.39 is 5.97 Å². The van der Waals surface area contributed by atoms with Crippen molar-refractivity contribution < 1.29 is 14.7 Å². The Morgan fingerprint density at radius 3 is 2.50 bits per heavy atom. The topological polar surface area (TPSA) is 78.4 Å². The second-order valence-corrected chi connectivity index (χ2v) is 5.89. The summed E-state index contributed by atoms with van der Waals surface area (Å²) in [7, 11) is 0. The predicted octanol–water partition coefficient (Wildman–Crippen LogP) is 2.92. The van der Waals surface area contributed by atoms with E-state index in [1.165, 1.54) is 6.07 Å². The van der Waals surface area contributed by atoms with Gasteiger partial charge in [0.2, 0.25) is 0 Å². The predicted molar refractivity (Wildman–Crippen MR) is 77.2 cm³/mol. The average Bonchev–Trinajstić information content (AvgIpc) is 3.09. The van der Waals surface area contributed by atoms with Crippen LogP contribution in [0.25, 0.3) is 0 Å². The molecule has 0 atom stereocenters. The molecular weight excluding hydrogens is 256 g/mol. The summed E-state index contributed by atoms with van der Waals surface area (Å²) in [6.45, 7) is 6.37. The van der Waals surface area contributed by atoms with E-state index in [1.807, 2.05) is 6.92 Å². The third-order valence-electron chi connectivity index (χ3n) is 3.93. The van der Waals surface area contributed by atoms with Crippen LogP contribution in [0.5, 0.6) is 0 Å². The lowest BCUT2D eigenvalue weighted by atomic mass is 10.0. The number of anilines is 1. The van der Waals surface area contributed by atoms with Crippen LogP contribution in [-0.2, 0) is 0 Å². The van der Waals surface area contributed by atoms with Gasteiger partial charge >= 0.3 is 12.0 Å². The molecule has 0 aromatic heterocycles. The van der Waals surface area contributed by atoms with Gasteiger partial charge in [-0.15, -0.1) is 0 Å². The van der Waals surface area contributed by atoms with Gasteiger partial charge in [0.25, 0.3) is 0 Å². The molecule has 3 N–H and O–H groups in total. The molecule has 1 aromatic carbocycles. The molecule has 5 nitrogen and oxygen atoms in total. The van der Waals surface area contributed by atoms with Crippen molar-refractivity contribution in [3.05, 3.63) is 28.8 Å². The molecule has 0 unspecified atom stereocenters. The van der Waals surface area contributed by atoms with Crippen molar-refractivity contribution in [1.29, 1.82) is 0 Å². The zero-order valence-corrected chi connectivity index (χ0v) is 12.0. The smallest absolute Gasteiger partial charge is 0.336 e. The molecule has 2 amide bonds. The highest BCUT2D eigenvalue weighted by Crippen LogP contribution is 2.44. The number of nitrogens with one attached hydrogen (secondary N) is 2. The molecule has 5 heteroatoms. The maximum atomic E-state index is 11.8. The van der Waals surface area contributed by atoms with Gasteiger partial charge in [0.05, 0.1) is 5.56 Å². The molecule has 1 fully saturated rings. The number of aryl methyl sites for hydroxylation is 1. The number of benzene rings is 1. The third-order valence-corrected chi connectivity index (χ3v) is 3.93. The van der Waals surface area contributed by atoms with Crippen molar-refractivity contribution in [2.75, 3.05) is 11.9 Å². The number of hydrogen-bond donors (Lipinski definition) is 3. The standard InChI is InChI=1S/C15H20N2O3/c1-9-6-11(7-12(10(9)2)13(18)19)17-14(20)16-8-15(3)4-5-15/h6-7H,4-5,8H2,1-3H3,(H,18,19)(H2,16,17,20). The van der Waals surface area contributed by atoms with Crippen LogP contribution in [0.3, 0.4) is 0 Å². The minimum absolute atomic E-state index is 0.217. The highest BCUT2D eigenvalue weighted by atomic mass is 16.4. The summed E-state index contributed by atoms with van der Waals surface area (Å²) < 4.78 is 0. The Morgan fingerprint density at radius 1 is 1.30 bits per heavy atom. The third kappa shape index (κ3) is 3.29. The first kappa shape index (κ1) is 14.4. The van der Waals surface area contributed by atoms with Crippen molar-refractivity contribution >= 4 is 17.7 Å². The van der Waals surface area contributed by atoms with Gasteiger partial charge in [0.1, 0.15) is 0 Å². The minimum atomic E-state index is -0.986. The fourth-order valence-corrected chi connectivity index (χ4v) is 2.01. The molecule has 108 valence electrons. The molecular formula is C15H20N2O3. The molecule has 0 spiro atoms. The van der Waals surface area contributed by atoms with Crippen molar-refractivity contribution in [3.63, 3.8) is 0 Å². The summed E-state index contributed by atoms with van der Waals surface area (Å²) in [4.78, 5) is 22.9. The van der Waals surface area contributed by atoms with E-state index in [0.717, 1.165) is 18.4 Å². The Balaban J connectivity index is 2.05. The van der Waals surface area contributed by atoms with Crippen molar-refractivity contribution in [2.45, 2.75) is 33.6 Å². The fraction of sp³-hybridized carbons (Fsp3) is 0.467. The van der Waals surface area contributed by atoms with Crippen molar-refractivity contribution in [2.24, 2.45) is 5.41 Å². The van der Waals surface area contributed by atoms with Crippen LogP contribution >= 0.6 is 0 Å². The van der Waals surface area contributed by atoms with Crippen LogP contribution < -0.4 is 10.6 Å². The summed E-state index contributed by atoms with van der Waals surface area (Å²) in [6, 6.07) is 2.97. The number of rotatable bonds is 4. The van der Waals surface area contributed by atoms with E-state index in [0.29, 0.717) is 17.8 Å². The largest absolute Gasteiger partial charge is 0.478 e. The number of urea groups is 1. The Hall–Kier alpha value is -2.04. The average molecular weight is 276 g/mol. The monoisotopic (exact) mass is 276 g/mol. The molecule has 0 saturated heterocycles. The lowest BCUT2D eigenvalue weighted by Gasteiger charge is -2.13. The van der Waals surface area contributed by atoms with Crippen LogP contribution in [-0.4, -0.2) is 23.7 Å². The number of carbonyl (C=O) groups is 2. The summed E-state index contributed by atoms with van der Waals surface area (Å²) in [5, 5.41) is 14.6. The highest BCUT2D eigenvalue weighted by Gasteiger charge is 2.37. The van der Waals surface area contributed by atoms with E-state index in [-0.39, 0.29) is 17.0 Å². The second kappa shape index (κ2) is 5.15. The number of aromatic carboxylic acids is 1. The van der Waals surface area contributed by atoms with Gasteiger partial charge < -0.3 is 15.7 Å². The van der Waals surface area contributed by atoms with E-state index in [9.17, 15) is 9.59 Å². The van der Waals surface area contributed by atoms with Gasteiger partial charge in [0.15, 0.2) is 0 Å². The minimum Gasteiger partial charge on any atom is -0.478 e. The second-order valence-electron chi connectivity index (χ2n) is 5.89. The zero-order chi connectivity index (χ0) is 14.9. The maximum absolute atomic E-state index is 11.8. The zero-order valence-electron chi connectivity index (χ0n) is 12.0. The quantitative estimate of drug-likeness (QED) is 0.791. The van der Waals surface area contributed by atoms with Gasteiger partial charge in [-0.3, -0.25) is 0 Å². The van der Waals surface area contributed by atoms with Crippen LogP contribution in [0.1, 0.15) is 41.3 Å². The molecule has 0 radical (unpaired) electrons. The van der Waals surface area contributed by atoms with E-state index in [4.69, 9.17) is 5.11 Å². The van der Waals surface area contributed by atoms with Gasteiger partial charge in [-0.05, 0) is 55.4 Å².